The molecule has 1 aromatic heterocycles. The Morgan fingerprint density at radius 1 is 1.20 bits per heavy atom. The molecule has 9 nitrogen and oxygen atoms in total. The second kappa shape index (κ2) is 16.2. The van der Waals surface area contributed by atoms with Crippen LogP contribution in [0.5, 0.6) is 0 Å². The van der Waals surface area contributed by atoms with Crippen molar-refractivity contribution in [3.8, 4) is 0 Å². The van der Waals surface area contributed by atoms with Crippen LogP contribution in [-0.2, 0) is 16.1 Å². The normalized spacial score (nSPS) is 11.7. The number of aromatic nitrogens is 2. The first kappa shape index (κ1) is 33.8. The Balaban J connectivity index is 1.94. The summed E-state index contributed by atoms with van der Waals surface area (Å²) in [6.45, 7) is 13.0. The molecule has 10 heteroatoms. The van der Waals surface area contributed by atoms with E-state index in [2.05, 4.69) is 33.8 Å². The highest BCUT2D eigenvalue weighted by molar-refractivity contribution is 7.98. The molecule has 0 aliphatic heterocycles. The van der Waals surface area contributed by atoms with Gasteiger partial charge in [0.25, 0.3) is 0 Å². The number of anilines is 1. The Hall–Kier alpha value is -3.37. The molecule has 0 radical (unpaired) electrons. The Morgan fingerprint density at radius 3 is 2.56 bits per heavy atom. The first-order chi connectivity index (χ1) is 19.3. The van der Waals surface area contributed by atoms with Crippen molar-refractivity contribution in [2.75, 3.05) is 38.4 Å². The Labute approximate surface area is 249 Å². The maximum absolute atomic E-state index is 12.1. The highest BCUT2D eigenvalue weighted by atomic mass is 32.2. The van der Waals surface area contributed by atoms with E-state index in [0.29, 0.717) is 61.0 Å². The highest BCUT2D eigenvalue weighted by Gasteiger charge is 2.16. The van der Waals surface area contributed by atoms with E-state index < -0.39 is 0 Å². The number of hydrogen-bond donors (Lipinski definition) is 1. The SMILES string of the molecule is C=C(CCN(C)c1nc(SC)ncc1C(C)=O)c1cccc(CN(C)/C=C(/CCCC(=O)COC(C)(C)C)N=N)c1. The van der Waals surface area contributed by atoms with Crippen molar-refractivity contribution >= 4 is 34.7 Å². The van der Waals surface area contributed by atoms with Crippen LogP contribution in [0, 0.1) is 5.53 Å². The van der Waals surface area contributed by atoms with Gasteiger partial charge in [-0.2, -0.15) is 5.11 Å². The average Bonchev–Trinajstić information content (AvgIpc) is 2.93. The zero-order valence-corrected chi connectivity index (χ0v) is 26.3. The number of thioether (sulfide) groups is 1. The zero-order chi connectivity index (χ0) is 30.6. The van der Waals surface area contributed by atoms with Gasteiger partial charge in [-0.1, -0.05) is 36.5 Å². The van der Waals surface area contributed by atoms with E-state index in [0.717, 1.165) is 16.7 Å². The van der Waals surface area contributed by atoms with Crippen molar-refractivity contribution < 1.29 is 14.3 Å². The lowest BCUT2D eigenvalue weighted by Crippen LogP contribution is -2.23. The van der Waals surface area contributed by atoms with Crippen molar-refractivity contribution in [2.24, 2.45) is 5.11 Å². The smallest absolute Gasteiger partial charge is 0.189 e. The van der Waals surface area contributed by atoms with Crippen molar-refractivity contribution in [1.82, 2.24) is 14.9 Å². The molecule has 0 spiro atoms. The number of nitrogens with zero attached hydrogens (tertiary/aromatic N) is 5. The van der Waals surface area contributed by atoms with Crippen LogP contribution in [0.15, 0.2) is 59.2 Å². The monoisotopic (exact) mass is 580 g/mol. The molecule has 0 bridgehead atoms. The molecule has 1 heterocycles. The van der Waals surface area contributed by atoms with Crippen LogP contribution >= 0.6 is 11.8 Å². The zero-order valence-electron chi connectivity index (χ0n) is 25.5. The molecule has 0 fully saturated rings. The molecule has 0 amide bonds. The number of benzene rings is 1. The summed E-state index contributed by atoms with van der Waals surface area (Å²) in [6.07, 6.45) is 7.64. The predicted octanol–water partition coefficient (Wildman–Crippen LogP) is 6.80. The number of allylic oxidation sites excluding steroid dienone is 1. The van der Waals surface area contributed by atoms with Crippen LogP contribution in [0.2, 0.25) is 0 Å². The summed E-state index contributed by atoms with van der Waals surface area (Å²) in [5.74, 6) is 0.622. The van der Waals surface area contributed by atoms with Gasteiger partial charge < -0.3 is 14.5 Å². The molecule has 2 rings (SSSR count). The number of ketones is 2. The van der Waals surface area contributed by atoms with E-state index >= 15 is 0 Å². The van der Waals surface area contributed by atoms with E-state index in [4.69, 9.17) is 10.3 Å². The molecule has 0 unspecified atom stereocenters. The maximum atomic E-state index is 12.1. The highest BCUT2D eigenvalue weighted by Crippen LogP contribution is 2.24. The number of carbonyl (C=O) groups is 2. The summed E-state index contributed by atoms with van der Waals surface area (Å²) in [4.78, 5) is 36.9. The molecule has 2 aromatic rings. The molecule has 1 N–H and O–H groups in total. The molecule has 0 aliphatic rings. The second-order valence-electron chi connectivity index (χ2n) is 11.1. The lowest BCUT2D eigenvalue weighted by Gasteiger charge is -2.21. The van der Waals surface area contributed by atoms with Gasteiger partial charge in [0, 0.05) is 46.0 Å². The number of nitrogens with one attached hydrogen (secondary N) is 1. The molecule has 1 aromatic carbocycles. The minimum Gasteiger partial charge on any atom is -0.375 e. The number of Topliss-reactive ketones (excluding diaryl/α,β-unsaturated/α-hetero) is 2. The number of ether oxygens (including phenoxy) is 1. The fourth-order valence-corrected chi connectivity index (χ4v) is 4.35. The van der Waals surface area contributed by atoms with E-state index in [-0.39, 0.29) is 23.8 Å². The fraction of sp³-hybridized carbons (Fsp3) is 0.484. The van der Waals surface area contributed by atoms with Gasteiger partial charge in [-0.3, -0.25) is 9.59 Å². The van der Waals surface area contributed by atoms with Gasteiger partial charge in [0.15, 0.2) is 16.7 Å². The molecule has 0 aliphatic carbocycles. The van der Waals surface area contributed by atoms with Gasteiger partial charge in [0.1, 0.15) is 12.4 Å². The van der Waals surface area contributed by atoms with Crippen LogP contribution in [0.4, 0.5) is 5.82 Å². The molecular formula is C31H44N6O3S. The third kappa shape index (κ3) is 11.9. The van der Waals surface area contributed by atoms with Gasteiger partial charge in [-0.15, -0.1) is 0 Å². The van der Waals surface area contributed by atoms with Crippen molar-refractivity contribution in [3.05, 3.63) is 65.6 Å². The first-order valence-corrected chi connectivity index (χ1v) is 14.9. The molecule has 0 saturated heterocycles. The third-order valence-electron chi connectivity index (χ3n) is 6.25. The van der Waals surface area contributed by atoms with Crippen LogP contribution in [0.25, 0.3) is 5.57 Å². The standard InChI is InChI=1S/C31H44N6O3S/c1-22(15-16-37(7)29-28(23(2)38)18-33-30(34-29)41-8)25-12-9-11-24(17-25)19-36(6)20-26(35-32)13-10-14-27(39)21-40-31(3,4)5/h9,11-12,17-18,20,32H,1,10,13-16,19,21H2,2-8H3/b26-20-,35-32?. The molecule has 0 saturated carbocycles. The molecule has 41 heavy (non-hydrogen) atoms. The van der Waals surface area contributed by atoms with Gasteiger partial charge in [-0.05, 0) is 76.0 Å². The topological polar surface area (TPSA) is 112 Å². The van der Waals surface area contributed by atoms with Crippen LogP contribution < -0.4 is 4.90 Å². The number of rotatable bonds is 17. The summed E-state index contributed by atoms with van der Waals surface area (Å²) in [5, 5.41) is 4.29. The summed E-state index contributed by atoms with van der Waals surface area (Å²) in [7, 11) is 3.87. The quantitative estimate of drug-likeness (QED) is 0.0941. The van der Waals surface area contributed by atoms with Crippen LogP contribution in [0.3, 0.4) is 0 Å². The summed E-state index contributed by atoms with van der Waals surface area (Å²) >= 11 is 1.44. The van der Waals surface area contributed by atoms with Crippen molar-refractivity contribution in [3.63, 3.8) is 0 Å². The summed E-state index contributed by atoms with van der Waals surface area (Å²) < 4.78 is 5.54. The first-order valence-electron chi connectivity index (χ1n) is 13.7. The Bertz CT molecular complexity index is 1250. The summed E-state index contributed by atoms with van der Waals surface area (Å²) in [5.41, 5.74) is 11.5. The van der Waals surface area contributed by atoms with Gasteiger partial charge in [0.2, 0.25) is 0 Å². The van der Waals surface area contributed by atoms with E-state index in [1.165, 1.54) is 18.7 Å². The lowest BCUT2D eigenvalue weighted by atomic mass is 10.0. The number of carbonyl (C=O) groups excluding carboxylic acids is 2. The molecule has 0 atom stereocenters. The predicted molar refractivity (Wildman–Crippen MR) is 166 cm³/mol. The Morgan fingerprint density at radius 2 is 1.93 bits per heavy atom. The van der Waals surface area contributed by atoms with Crippen LogP contribution in [0.1, 0.15) is 74.9 Å². The van der Waals surface area contributed by atoms with Gasteiger partial charge in [0.05, 0.1) is 16.9 Å². The van der Waals surface area contributed by atoms with Gasteiger partial charge in [-0.25, -0.2) is 15.5 Å². The molecular weight excluding hydrogens is 536 g/mol. The van der Waals surface area contributed by atoms with E-state index in [1.54, 1.807) is 6.20 Å². The minimum absolute atomic E-state index is 0.0573. The maximum Gasteiger partial charge on any atom is 0.189 e. The van der Waals surface area contributed by atoms with E-state index in [1.807, 2.05) is 69.3 Å². The largest absolute Gasteiger partial charge is 0.375 e. The Kier molecular flexibility index (Phi) is 13.3. The number of hydrogen-bond acceptors (Lipinski definition) is 10. The van der Waals surface area contributed by atoms with Crippen molar-refractivity contribution in [2.45, 2.75) is 70.7 Å². The van der Waals surface area contributed by atoms with Crippen LogP contribution in [-0.4, -0.2) is 65.5 Å². The summed E-state index contributed by atoms with van der Waals surface area (Å²) in [6, 6.07) is 8.24. The van der Waals surface area contributed by atoms with Gasteiger partial charge >= 0.3 is 0 Å². The molecule has 222 valence electrons. The van der Waals surface area contributed by atoms with Crippen molar-refractivity contribution in [1.29, 1.82) is 5.53 Å². The lowest BCUT2D eigenvalue weighted by molar-refractivity contribution is -0.128. The third-order valence-corrected chi connectivity index (χ3v) is 6.82. The average molecular weight is 581 g/mol. The second-order valence-corrected chi connectivity index (χ2v) is 11.8. The fourth-order valence-electron chi connectivity index (χ4n) is 4.01. The van der Waals surface area contributed by atoms with E-state index in [9.17, 15) is 9.59 Å². The minimum atomic E-state index is -0.337.